The summed E-state index contributed by atoms with van der Waals surface area (Å²) in [6.07, 6.45) is 2.61. The van der Waals surface area contributed by atoms with Crippen LogP contribution in [0.1, 0.15) is 35.3 Å². The summed E-state index contributed by atoms with van der Waals surface area (Å²) in [5.74, 6) is -0.439. The molecule has 0 saturated carbocycles. The van der Waals surface area contributed by atoms with Crippen LogP contribution in [0.3, 0.4) is 0 Å². The van der Waals surface area contributed by atoms with Crippen molar-refractivity contribution < 1.29 is 14.6 Å². The molecule has 0 spiro atoms. The third kappa shape index (κ3) is 3.21. The Bertz CT molecular complexity index is 846. The Balaban J connectivity index is 1.91. The predicted octanol–water partition coefficient (Wildman–Crippen LogP) is 4.30. The van der Waals surface area contributed by atoms with E-state index in [9.17, 15) is 14.6 Å². The monoisotopic (exact) mass is 345 g/mol. The number of phenolic OH excluding ortho intramolecular Hbond substituents is 1. The number of fused-ring (bicyclic) bond motifs is 1. The molecule has 2 aromatic rings. The van der Waals surface area contributed by atoms with Crippen LogP contribution in [0.2, 0.25) is 5.02 Å². The minimum Gasteiger partial charge on any atom is -0.507 e. The van der Waals surface area contributed by atoms with Gasteiger partial charge in [-0.1, -0.05) is 42.0 Å². The highest BCUT2D eigenvalue weighted by molar-refractivity contribution is 6.30. The van der Waals surface area contributed by atoms with Crippen molar-refractivity contribution in [1.29, 1.82) is 0 Å². The van der Waals surface area contributed by atoms with Crippen LogP contribution in [0, 0.1) is 5.82 Å². The molecule has 0 amide bonds. The average Bonchev–Trinajstić information content (AvgIpc) is 2.54. The van der Waals surface area contributed by atoms with Gasteiger partial charge in [0, 0.05) is 34.0 Å². The van der Waals surface area contributed by atoms with Crippen LogP contribution in [0.5, 0.6) is 5.75 Å². The van der Waals surface area contributed by atoms with Crippen LogP contribution in [0.25, 0.3) is 6.08 Å². The minimum absolute atomic E-state index is 0.0298. The highest BCUT2D eigenvalue weighted by Gasteiger charge is 2.20. The zero-order chi connectivity index (χ0) is 17.3. The first-order valence-corrected chi connectivity index (χ1v) is 8.02. The van der Waals surface area contributed by atoms with Gasteiger partial charge in [0.15, 0.2) is 0 Å². The molecule has 3 rings (SSSR count). The summed E-state index contributed by atoms with van der Waals surface area (Å²) in [5.41, 5.74) is 3.15. The van der Waals surface area contributed by atoms with E-state index in [1.807, 2.05) is 13.0 Å². The van der Waals surface area contributed by atoms with Gasteiger partial charge in [-0.25, -0.2) is 4.39 Å². The van der Waals surface area contributed by atoms with Crippen LogP contribution in [0.15, 0.2) is 41.4 Å². The van der Waals surface area contributed by atoms with Crippen molar-refractivity contribution in [1.82, 2.24) is 0 Å². The molecule has 0 aliphatic carbocycles. The lowest BCUT2D eigenvalue weighted by Crippen LogP contribution is -2.11. The molecule has 1 aliphatic rings. The number of nitrogens with zero attached hydrogens (tertiary/aromatic N) is 1. The van der Waals surface area contributed by atoms with Crippen LogP contribution in [-0.2, 0) is 6.42 Å². The highest BCUT2D eigenvalue weighted by Crippen LogP contribution is 2.34. The predicted molar refractivity (Wildman–Crippen MR) is 94.3 cm³/mol. The number of hydrogen-bond acceptors (Lipinski definition) is 3. The Morgan fingerprint density at radius 2 is 2.08 bits per heavy atom. The summed E-state index contributed by atoms with van der Waals surface area (Å²) in [7, 11) is 0. The van der Waals surface area contributed by atoms with Crippen molar-refractivity contribution in [2.45, 2.75) is 19.4 Å². The number of benzene rings is 2. The minimum atomic E-state index is -1.06. The number of aromatic hydroxyl groups is 1. The van der Waals surface area contributed by atoms with Gasteiger partial charge in [0.1, 0.15) is 17.7 Å². The molecule has 2 aromatic carbocycles. The van der Waals surface area contributed by atoms with E-state index in [-0.39, 0.29) is 5.75 Å². The Labute approximate surface area is 144 Å². The molecule has 0 aromatic heterocycles. The van der Waals surface area contributed by atoms with E-state index in [1.54, 1.807) is 12.1 Å². The second kappa shape index (κ2) is 6.75. The molecule has 3 nitrogen and oxygen atoms in total. The molecule has 124 valence electrons. The van der Waals surface area contributed by atoms with E-state index in [0.29, 0.717) is 28.3 Å². The van der Waals surface area contributed by atoms with Gasteiger partial charge in [0.2, 0.25) is 0 Å². The summed E-state index contributed by atoms with van der Waals surface area (Å²) in [6, 6.07) is 7.91. The third-order valence-corrected chi connectivity index (χ3v) is 4.36. The molecular formula is C19H17ClFNO2. The fourth-order valence-corrected chi connectivity index (χ4v) is 3.02. The highest BCUT2D eigenvalue weighted by atomic mass is 35.5. The fraction of sp³-hybridized carbons (Fsp3) is 0.211. The quantitative estimate of drug-likeness (QED) is 0.871. The Kier molecular flexibility index (Phi) is 4.69. The third-order valence-electron chi connectivity index (χ3n) is 4.13. The first-order valence-electron chi connectivity index (χ1n) is 7.65. The van der Waals surface area contributed by atoms with Crippen molar-refractivity contribution >= 4 is 23.4 Å². The van der Waals surface area contributed by atoms with Gasteiger partial charge in [-0.15, -0.1) is 0 Å². The zero-order valence-corrected chi connectivity index (χ0v) is 13.9. The van der Waals surface area contributed by atoms with E-state index in [0.717, 1.165) is 17.7 Å². The molecule has 1 unspecified atom stereocenters. The first-order chi connectivity index (χ1) is 11.5. The molecule has 1 heterocycles. The van der Waals surface area contributed by atoms with Crippen molar-refractivity contribution in [3.63, 3.8) is 0 Å². The van der Waals surface area contributed by atoms with E-state index < -0.39 is 11.9 Å². The topological polar surface area (TPSA) is 52.8 Å². The van der Waals surface area contributed by atoms with Crippen LogP contribution >= 0.6 is 11.6 Å². The Hall–Kier alpha value is -2.17. The summed E-state index contributed by atoms with van der Waals surface area (Å²) in [6.45, 7) is 2.54. The maximum atomic E-state index is 13.8. The van der Waals surface area contributed by atoms with E-state index in [4.69, 9.17) is 11.6 Å². The standard InChI is InChI=1S/C19H17ClFNO2/c1-11-18-13(8-9-22-11)3-6-15(19(18)24)17(23)7-4-12-2-5-14(20)10-16(12)21/h2-7,10,17,23-24H,8-9H2,1H3/b7-4+. The first kappa shape index (κ1) is 16.7. The molecule has 24 heavy (non-hydrogen) atoms. The van der Waals surface area contributed by atoms with Gasteiger partial charge >= 0.3 is 0 Å². The van der Waals surface area contributed by atoms with Crippen molar-refractivity contribution in [3.8, 4) is 5.75 Å². The molecule has 1 atom stereocenters. The SMILES string of the molecule is CC1=NCCc2ccc(C(O)/C=C/c3ccc(Cl)cc3F)c(O)c21. The zero-order valence-electron chi connectivity index (χ0n) is 13.1. The number of halogens is 2. The van der Waals surface area contributed by atoms with Gasteiger partial charge in [0.05, 0.1) is 0 Å². The Morgan fingerprint density at radius 3 is 2.83 bits per heavy atom. The molecule has 0 radical (unpaired) electrons. The maximum absolute atomic E-state index is 13.8. The largest absolute Gasteiger partial charge is 0.507 e. The summed E-state index contributed by atoms with van der Waals surface area (Å²) in [4.78, 5) is 4.34. The normalized spacial score (nSPS) is 15.2. The smallest absolute Gasteiger partial charge is 0.131 e. The molecule has 2 N–H and O–H groups in total. The van der Waals surface area contributed by atoms with Crippen LogP contribution < -0.4 is 0 Å². The average molecular weight is 346 g/mol. The number of hydrogen-bond donors (Lipinski definition) is 2. The second-order valence-electron chi connectivity index (χ2n) is 5.72. The van der Waals surface area contributed by atoms with E-state index >= 15 is 0 Å². The lowest BCUT2D eigenvalue weighted by molar-refractivity contribution is 0.224. The number of rotatable bonds is 3. The number of phenols is 1. The molecular weight excluding hydrogens is 329 g/mol. The van der Waals surface area contributed by atoms with Gasteiger partial charge in [-0.3, -0.25) is 4.99 Å². The van der Waals surface area contributed by atoms with Crippen LogP contribution in [-0.4, -0.2) is 22.5 Å². The molecule has 5 heteroatoms. The van der Waals surface area contributed by atoms with Crippen molar-refractivity contribution in [2.24, 2.45) is 4.99 Å². The van der Waals surface area contributed by atoms with Crippen LogP contribution in [0.4, 0.5) is 4.39 Å². The molecule has 0 bridgehead atoms. The van der Waals surface area contributed by atoms with Crippen molar-refractivity contribution in [3.05, 3.63) is 69.5 Å². The fourth-order valence-electron chi connectivity index (χ4n) is 2.86. The maximum Gasteiger partial charge on any atom is 0.131 e. The molecule has 1 aliphatic heterocycles. The van der Waals surface area contributed by atoms with Crippen molar-refractivity contribution in [2.75, 3.05) is 6.54 Å². The number of aliphatic hydroxyl groups excluding tert-OH is 1. The van der Waals surface area contributed by atoms with Gasteiger partial charge < -0.3 is 10.2 Å². The number of aliphatic hydroxyl groups is 1. The Morgan fingerprint density at radius 1 is 1.29 bits per heavy atom. The van der Waals surface area contributed by atoms with Gasteiger partial charge in [-0.2, -0.15) is 0 Å². The summed E-state index contributed by atoms with van der Waals surface area (Å²) >= 11 is 5.72. The van der Waals surface area contributed by atoms with Gasteiger partial charge in [-0.05, 0) is 31.0 Å². The summed E-state index contributed by atoms with van der Waals surface area (Å²) in [5, 5.41) is 21.2. The van der Waals surface area contributed by atoms with Gasteiger partial charge in [0.25, 0.3) is 0 Å². The molecule has 0 saturated heterocycles. The molecule has 0 fully saturated rings. The lowest BCUT2D eigenvalue weighted by atomic mass is 9.92. The number of aliphatic imine (C=N–C) groups is 1. The van der Waals surface area contributed by atoms with E-state index in [1.165, 1.54) is 24.3 Å². The van der Waals surface area contributed by atoms with E-state index in [2.05, 4.69) is 4.99 Å². The lowest BCUT2D eigenvalue weighted by Gasteiger charge is -2.19. The summed E-state index contributed by atoms with van der Waals surface area (Å²) < 4.78 is 13.8. The second-order valence-corrected chi connectivity index (χ2v) is 6.16.